The van der Waals surface area contributed by atoms with Crippen LogP contribution in [-0.4, -0.2) is 61.7 Å². The van der Waals surface area contributed by atoms with Crippen molar-refractivity contribution in [2.24, 2.45) is 5.92 Å². The van der Waals surface area contributed by atoms with E-state index in [-0.39, 0.29) is 30.9 Å². The van der Waals surface area contributed by atoms with Crippen LogP contribution in [0.5, 0.6) is 0 Å². The summed E-state index contributed by atoms with van der Waals surface area (Å²) in [5.41, 5.74) is 7.28. The number of aromatic amines is 1. The number of aromatic nitrogens is 4. The fraction of sp³-hybridized carbons (Fsp3) is 0.432. The molecule has 1 unspecified atom stereocenters. The number of unbranched alkanes of at least 4 members (excludes halogenated alkanes) is 1. The molecule has 1 fully saturated rings. The molecule has 258 valence electrons. The first-order valence-corrected chi connectivity index (χ1v) is 17.0. The summed E-state index contributed by atoms with van der Waals surface area (Å²) in [4.78, 5) is 34.6. The first-order valence-electron chi connectivity index (χ1n) is 17.0. The first-order chi connectivity index (χ1) is 23.4. The fourth-order valence-corrected chi connectivity index (χ4v) is 5.81. The Morgan fingerprint density at radius 3 is 2.14 bits per heavy atom. The quantitative estimate of drug-likeness (QED) is 0.131. The summed E-state index contributed by atoms with van der Waals surface area (Å²) in [6.07, 6.45) is 1.98. The molecule has 0 spiro atoms. The average Bonchev–Trinajstić information content (AvgIpc) is 3.69. The van der Waals surface area contributed by atoms with Crippen molar-refractivity contribution < 1.29 is 23.7 Å². The number of amides is 2. The van der Waals surface area contributed by atoms with Crippen LogP contribution in [0.1, 0.15) is 78.9 Å². The van der Waals surface area contributed by atoms with Gasteiger partial charge in [-0.25, -0.2) is 5.48 Å². The lowest BCUT2D eigenvalue weighted by molar-refractivity contribution is -0.150. The van der Waals surface area contributed by atoms with Gasteiger partial charge in [0, 0.05) is 18.5 Å². The molecule has 1 saturated heterocycles. The number of hydroxylamine groups is 1. The number of carbonyl (C=O) groups excluding carboxylic acids is 2. The number of carbonyl (C=O) groups is 2. The Kier molecular flexibility index (Phi) is 11.3. The van der Waals surface area contributed by atoms with Gasteiger partial charge in [0.15, 0.2) is 0 Å². The highest BCUT2D eigenvalue weighted by atomic mass is 16.7. The highest BCUT2D eigenvalue weighted by molar-refractivity contribution is 6.62. The number of hydrogen-bond acceptors (Lipinski definition) is 8. The van der Waals surface area contributed by atoms with Crippen molar-refractivity contribution in [2.75, 3.05) is 0 Å². The molecule has 0 aliphatic carbocycles. The summed E-state index contributed by atoms with van der Waals surface area (Å²) < 4.78 is 12.3. The molecular weight excluding hydrogens is 619 g/mol. The lowest BCUT2D eigenvalue weighted by atomic mass is 9.79. The second kappa shape index (κ2) is 15.4. The summed E-state index contributed by atoms with van der Waals surface area (Å²) in [5.74, 6) is -0.0757. The van der Waals surface area contributed by atoms with E-state index in [9.17, 15) is 9.59 Å². The molecule has 11 nitrogen and oxygen atoms in total. The molecule has 1 aliphatic heterocycles. The van der Waals surface area contributed by atoms with Crippen molar-refractivity contribution >= 4 is 24.4 Å². The zero-order chi connectivity index (χ0) is 35.2. The molecule has 4 aromatic rings. The van der Waals surface area contributed by atoms with Gasteiger partial charge in [0.1, 0.15) is 6.04 Å². The van der Waals surface area contributed by atoms with Crippen LogP contribution >= 0.6 is 0 Å². The third-order valence-electron chi connectivity index (χ3n) is 9.35. The van der Waals surface area contributed by atoms with Crippen LogP contribution in [0.3, 0.4) is 0 Å². The molecule has 49 heavy (non-hydrogen) atoms. The van der Waals surface area contributed by atoms with Crippen LogP contribution in [0, 0.1) is 5.92 Å². The van der Waals surface area contributed by atoms with Gasteiger partial charge >= 0.3 is 7.12 Å². The molecular formula is C37H47BN6O5. The summed E-state index contributed by atoms with van der Waals surface area (Å²) in [5, 5.41) is 14.5. The molecule has 0 bridgehead atoms. The summed E-state index contributed by atoms with van der Waals surface area (Å²) in [7, 11) is -0.452. The Morgan fingerprint density at radius 2 is 1.55 bits per heavy atom. The minimum Gasteiger partial charge on any atom is -0.399 e. The molecule has 1 aliphatic rings. The van der Waals surface area contributed by atoms with Gasteiger partial charge in [-0.1, -0.05) is 100.0 Å². The maximum atomic E-state index is 13.6. The lowest BCUT2D eigenvalue weighted by Gasteiger charge is -2.33. The van der Waals surface area contributed by atoms with Crippen molar-refractivity contribution in [1.82, 2.24) is 31.0 Å². The van der Waals surface area contributed by atoms with E-state index in [4.69, 9.17) is 14.1 Å². The van der Waals surface area contributed by atoms with E-state index in [1.165, 1.54) is 0 Å². The highest BCUT2D eigenvalue weighted by Gasteiger charge is 2.51. The van der Waals surface area contributed by atoms with Crippen molar-refractivity contribution in [3.8, 4) is 22.5 Å². The van der Waals surface area contributed by atoms with E-state index in [1.54, 1.807) is 4.90 Å². The Balaban J connectivity index is 1.25. The zero-order valence-corrected chi connectivity index (χ0v) is 29.5. The second-order valence-electron chi connectivity index (χ2n) is 13.9. The molecule has 2 heterocycles. The van der Waals surface area contributed by atoms with Crippen LogP contribution in [-0.2, 0) is 36.9 Å². The van der Waals surface area contributed by atoms with E-state index >= 15 is 0 Å². The maximum absolute atomic E-state index is 13.6. The molecule has 1 atom stereocenters. The number of H-pyrrole nitrogens is 1. The smallest absolute Gasteiger partial charge is 0.399 e. The standard InChI is InChI=1S/C37H47BN6O5/c1-8-9-14-32(45)44(23-26-15-19-28(20-16-26)30-12-10-11-13-31(30)34-39-42-43-40-34)33(25(2)3)35(46)41-47-24-27-17-21-29(22-18-27)38-48-36(4,5)37(6,7)49-38/h10-13,15-22,25,33H,8-9,14,23-24H2,1-7H3,(H,41,46)(H,39,40,42,43). The van der Waals surface area contributed by atoms with Gasteiger partial charge in [-0.15, -0.1) is 10.2 Å². The Labute approximate surface area is 289 Å². The SMILES string of the molecule is CCCCC(=O)N(Cc1ccc(-c2ccccc2-c2nn[nH]n2)cc1)C(C(=O)NOCc1ccc(B2OC(C)(C)C(C)(C)O2)cc1)C(C)C. The lowest BCUT2D eigenvalue weighted by Crippen LogP contribution is -2.51. The van der Waals surface area contributed by atoms with E-state index in [0.717, 1.165) is 46.1 Å². The maximum Gasteiger partial charge on any atom is 0.494 e. The largest absolute Gasteiger partial charge is 0.494 e. The average molecular weight is 667 g/mol. The first kappa shape index (κ1) is 35.9. The Hall–Kier alpha value is -4.39. The number of hydrogen-bond donors (Lipinski definition) is 2. The number of benzene rings is 3. The van der Waals surface area contributed by atoms with E-state index < -0.39 is 24.4 Å². The van der Waals surface area contributed by atoms with Crippen molar-refractivity contribution in [3.05, 3.63) is 83.9 Å². The Bertz CT molecular complexity index is 1680. The van der Waals surface area contributed by atoms with Crippen LogP contribution in [0.25, 0.3) is 22.5 Å². The minimum atomic E-state index is -0.728. The number of tetrazole rings is 1. The van der Waals surface area contributed by atoms with Crippen LogP contribution in [0.15, 0.2) is 72.8 Å². The van der Waals surface area contributed by atoms with Gasteiger partial charge in [0.05, 0.1) is 17.8 Å². The van der Waals surface area contributed by atoms with Crippen LogP contribution in [0.4, 0.5) is 0 Å². The molecule has 5 rings (SSSR count). The van der Waals surface area contributed by atoms with Crippen molar-refractivity contribution in [3.63, 3.8) is 0 Å². The predicted octanol–water partition coefficient (Wildman–Crippen LogP) is 5.62. The third kappa shape index (κ3) is 8.44. The van der Waals surface area contributed by atoms with Gasteiger partial charge < -0.3 is 14.2 Å². The van der Waals surface area contributed by atoms with Gasteiger partial charge in [-0.05, 0) is 73.0 Å². The minimum absolute atomic E-state index is 0.0690. The van der Waals surface area contributed by atoms with E-state index in [2.05, 4.69) is 26.1 Å². The normalized spacial score (nSPS) is 15.7. The monoisotopic (exact) mass is 666 g/mol. The van der Waals surface area contributed by atoms with Gasteiger partial charge in [-0.3, -0.25) is 14.4 Å². The molecule has 0 saturated carbocycles. The second-order valence-corrected chi connectivity index (χ2v) is 13.9. The molecule has 1 aromatic heterocycles. The molecule has 3 aromatic carbocycles. The predicted molar refractivity (Wildman–Crippen MR) is 189 cm³/mol. The number of rotatable bonds is 14. The van der Waals surface area contributed by atoms with Gasteiger partial charge in [0.25, 0.3) is 5.91 Å². The number of nitrogens with one attached hydrogen (secondary N) is 2. The highest BCUT2D eigenvalue weighted by Crippen LogP contribution is 2.36. The Morgan fingerprint density at radius 1 is 0.918 bits per heavy atom. The summed E-state index contributed by atoms with van der Waals surface area (Å²) in [6.45, 7) is 14.5. The molecule has 12 heteroatoms. The van der Waals surface area contributed by atoms with Gasteiger partial charge in [-0.2, -0.15) is 5.21 Å². The zero-order valence-electron chi connectivity index (χ0n) is 29.5. The summed E-state index contributed by atoms with van der Waals surface area (Å²) >= 11 is 0. The molecule has 2 N–H and O–H groups in total. The van der Waals surface area contributed by atoms with Crippen molar-refractivity contribution in [1.29, 1.82) is 0 Å². The molecule has 0 radical (unpaired) electrons. The number of nitrogens with zero attached hydrogens (tertiary/aromatic N) is 4. The molecule has 2 amide bonds. The van der Waals surface area contributed by atoms with E-state index in [0.29, 0.717) is 12.2 Å². The summed E-state index contributed by atoms with van der Waals surface area (Å²) in [6, 6.07) is 22.9. The third-order valence-corrected chi connectivity index (χ3v) is 9.35. The van der Waals surface area contributed by atoms with Crippen LogP contribution in [0.2, 0.25) is 0 Å². The van der Waals surface area contributed by atoms with E-state index in [1.807, 2.05) is 121 Å². The van der Waals surface area contributed by atoms with Crippen molar-refractivity contribution in [2.45, 2.75) is 98.1 Å². The van der Waals surface area contributed by atoms with Gasteiger partial charge in [0.2, 0.25) is 11.7 Å². The van der Waals surface area contributed by atoms with Crippen LogP contribution < -0.4 is 10.9 Å². The topological polar surface area (TPSA) is 132 Å². The fourth-order valence-electron chi connectivity index (χ4n) is 5.81.